The maximum Gasteiger partial charge on any atom is 0.410 e. The van der Waals surface area contributed by atoms with Crippen LogP contribution in [-0.2, 0) is 16.1 Å². The zero-order valence-corrected chi connectivity index (χ0v) is 23.3. The van der Waals surface area contributed by atoms with Crippen molar-refractivity contribution in [3.63, 3.8) is 0 Å². The van der Waals surface area contributed by atoms with Gasteiger partial charge in [-0.25, -0.2) is 14.0 Å². The van der Waals surface area contributed by atoms with Gasteiger partial charge in [0.15, 0.2) is 11.6 Å². The Kier molecular flexibility index (Phi) is 8.05. The molecule has 0 aliphatic carbocycles. The summed E-state index contributed by atoms with van der Waals surface area (Å²) in [5, 5.41) is 0. The highest BCUT2D eigenvalue weighted by Crippen LogP contribution is 2.38. The van der Waals surface area contributed by atoms with E-state index in [1.165, 1.54) is 6.07 Å². The number of amides is 2. The highest BCUT2D eigenvalue weighted by Gasteiger charge is 2.43. The van der Waals surface area contributed by atoms with Crippen LogP contribution in [0.2, 0.25) is 0 Å². The zero-order valence-electron chi connectivity index (χ0n) is 23.3. The third-order valence-electron chi connectivity index (χ3n) is 7.61. The average Bonchev–Trinajstić information content (AvgIpc) is 3.18. The number of carbonyl (C=O) groups is 2. The summed E-state index contributed by atoms with van der Waals surface area (Å²) in [4.78, 5) is 30.5. The smallest absolute Gasteiger partial charge is 0.410 e. The molecule has 2 amide bonds. The summed E-state index contributed by atoms with van der Waals surface area (Å²) < 4.78 is 46.5. The number of piperidine rings is 1. The van der Waals surface area contributed by atoms with Gasteiger partial charge in [0.2, 0.25) is 5.82 Å². The van der Waals surface area contributed by atoms with Crippen molar-refractivity contribution >= 4 is 17.9 Å². The molecule has 8 nitrogen and oxygen atoms in total. The molecule has 3 aliphatic heterocycles. The monoisotopic (exact) mass is 557 g/mol. The third kappa shape index (κ3) is 6.42. The van der Waals surface area contributed by atoms with Crippen LogP contribution in [0.25, 0.3) is 0 Å². The molecule has 2 aromatic carbocycles. The molecule has 40 heavy (non-hydrogen) atoms. The first-order valence-electron chi connectivity index (χ1n) is 13.9. The Morgan fingerprint density at radius 3 is 2.17 bits per heavy atom. The van der Waals surface area contributed by atoms with Gasteiger partial charge in [0, 0.05) is 68.9 Å². The average molecular weight is 558 g/mol. The van der Waals surface area contributed by atoms with Gasteiger partial charge in [-0.05, 0) is 39.2 Å². The Morgan fingerprint density at radius 2 is 1.55 bits per heavy atom. The van der Waals surface area contributed by atoms with Crippen LogP contribution < -0.4 is 9.64 Å². The van der Waals surface area contributed by atoms with Gasteiger partial charge in [-0.3, -0.25) is 0 Å². The summed E-state index contributed by atoms with van der Waals surface area (Å²) in [6, 6.07) is 12.2. The number of hydrogen-bond acceptors (Lipinski definition) is 6. The minimum absolute atomic E-state index is 0.0193. The largest absolute Gasteiger partial charge is 0.487 e. The number of likely N-dealkylation sites (tertiary alicyclic amines) is 2. The molecule has 3 heterocycles. The summed E-state index contributed by atoms with van der Waals surface area (Å²) in [6.45, 7) is 7.41. The first-order chi connectivity index (χ1) is 19.1. The van der Waals surface area contributed by atoms with E-state index in [1.807, 2.05) is 51.1 Å². The van der Waals surface area contributed by atoms with Gasteiger partial charge in [0.1, 0.15) is 18.3 Å². The maximum atomic E-state index is 14.8. The highest BCUT2D eigenvalue weighted by atomic mass is 19.2. The third-order valence-corrected chi connectivity index (χ3v) is 7.61. The van der Waals surface area contributed by atoms with Crippen LogP contribution in [0.3, 0.4) is 0 Å². The summed E-state index contributed by atoms with van der Waals surface area (Å²) >= 11 is 0. The van der Waals surface area contributed by atoms with E-state index in [0.717, 1.165) is 18.4 Å². The van der Waals surface area contributed by atoms with E-state index in [9.17, 15) is 18.4 Å². The van der Waals surface area contributed by atoms with E-state index < -0.39 is 23.3 Å². The number of hydrogen-bond donors (Lipinski definition) is 0. The summed E-state index contributed by atoms with van der Waals surface area (Å²) in [5.41, 5.74) is 0.872. The number of fused-ring (bicyclic) bond motifs is 2. The molecule has 10 heteroatoms. The van der Waals surface area contributed by atoms with E-state index in [0.29, 0.717) is 44.7 Å². The Morgan fingerprint density at radius 1 is 0.900 bits per heavy atom. The second kappa shape index (κ2) is 11.5. The first kappa shape index (κ1) is 28.0. The van der Waals surface area contributed by atoms with Gasteiger partial charge in [-0.2, -0.15) is 4.39 Å². The second-order valence-electron chi connectivity index (χ2n) is 11.8. The molecular weight excluding hydrogens is 520 g/mol. The standard InChI is InChI=1S/C30H37F2N3O5/c1-30(2,3)40-29(37)34-17-21-9-10-22(18-34)35(21)23-15-25(31)27(32)26(16-23)39-24-11-13-33(14-12-24)28(36)38-19-20-7-5-4-6-8-20/h4-8,15-16,21-22,24H,9-14,17-19H2,1-3H3/t21-,22+. The van der Waals surface area contributed by atoms with Crippen LogP contribution in [0.5, 0.6) is 5.75 Å². The molecule has 0 N–H and O–H groups in total. The molecule has 0 unspecified atom stereocenters. The molecule has 216 valence electrons. The maximum absolute atomic E-state index is 14.8. The summed E-state index contributed by atoms with van der Waals surface area (Å²) in [6.07, 6.45) is 1.53. The van der Waals surface area contributed by atoms with Crippen molar-refractivity contribution in [1.82, 2.24) is 9.80 Å². The van der Waals surface area contributed by atoms with Gasteiger partial charge < -0.3 is 28.9 Å². The molecule has 0 saturated carbocycles. The van der Waals surface area contributed by atoms with Gasteiger partial charge in [-0.1, -0.05) is 30.3 Å². The molecule has 0 spiro atoms. The van der Waals surface area contributed by atoms with Crippen molar-refractivity contribution in [3.8, 4) is 5.75 Å². The second-order valence-corrected chi connectivity index (χ2v) is 11.8. The highest BCUT2D eigenvalue weighted by molar-refractivity contribution is 5.69. The van der Waals surface area contributed by atoms with Crippen molar-refractivity contribution < 1.29 is 32.6 Å². The molecule has 0 aromatic heterocycles. The van der Waals surface area contributed by atoms with Crippen LogP contribution in [0.4, 0.5) is 24.1 Å². The van der Waals surface area contributed by atoms with Gasteiger partial charge in [-0.15, -0.1) is 0 Å². The quantitative estimate of drug-likeness (QED) is 0.468. The molecule has 2 atom stereocenters. The van der Waals surface area contributed by atoms with E-state index >= 15 is 0 Å². The Hall–Kier alpha value is -3.56. The molecule has 3 saturated heterocycles. The van der Waals surface area contributed by atoms with Crippen LogP contribution in [0.15, 0.2) is 42.5 Å². The van der Waals surface area contributed by atoms with Gasteiger partial charge in [0.05, 0.1) is 0 Å². The van der Waals surface area contributed by atoms with Crippen molar-refractivity contribution in [2.75, 3.05) is 31.1 Å². The molecule has 5 rings (SSSR count). The molecular formula is C30H37F2N3O5. The fraction of sp³-hybridized carbons (Fsp3) is 0.533. The van der Waals surface area contributed by atoms with E-state index in [4.69, 9.17) is 14.2 Å². The molecule has 2 bridgehead atoms. The topological polar surface area (TPSA) is 71.6 Å². The van der Waals surface area contributed by atoms with E-state index in [1.54, 1.807) is 15.9 Å². The lowest BCUT2D eigenvalue weighted by molar-refractivity contribution is 0.0209. The summed E-state index contributed by atoms with van der Waals surface area (Å²) in [7, 11) is 0. The number of piperazine rings is 1. The van der Waals surface area contributed by atoms with Crippen LogP contribution in [0.1, 0.15) is 52.0 Å². The minimum atomic E-state index is -1.02. The Bertz CT molecular complexity index is 1200. The van der Waals surface area contributed by atoms with Crippen molar-refractivity contribution in [3.05, 3.63) is 59.7 Å². The molecule has 3 aliphatic rings. The SMILES string of the molecule is CC(C)(C)OC(=O)N1C[C@H]2CC[C@@H](C1)N2c1cc(F)c(F)c(OC2CCN(C(=O)OCc3ccccc3)CC2)c1. The normalized spacial score (nSPS) is 21.4. The lowest BCUT2D eigenvalue weighted by Crippen LogP contribution is -2.56. The lowest BCUT2D eigenvalue weighted by atomic mass is 10.1. The molecule has 2 aromatic rings. The van der Waals surface area contributed by atoms with E-state index in [2.05, 4.69) is 4.90 Å². The zero-order chi connectivity index (χ0) is 28.4. The minimum Gasteiger partial charge on any atom is -0.487 e. The van der Waals surface area contributed by atoms with Crippen LogP contribution >= 0.6 is 0 Å². The number of rotatable bonds is 5. The number of carbonyl (C=O) groups excluding carboxylic acids is 2. The van der Waals surface area contributed by atoms with Crippen molar-refractivity contribution in [2.24, 2.45) is 0 Å². The predicted molar refractivity (Wildman–Crippen MR) is 145 cm³/mol. The number of benzene rings is 2. The fourth-order valence-electron chi connectivity index (χ4n) is 5.73. The number of halogens is 2. The fourth-order valence-corrected chi connectivity index (χ4v) is 5.73. The number of ether oxygens (including phenoxy) is 3. The van der Waals surface area contributed by atoms with Gasteiger partial charge in [0.25, 0.3) is 0 Å². The van der Waals surface area contributed by atoms with Gasteiger partial charge >= 0.3 is 12.2 Å². The summed E-state index contributed by atoms with van der Waals surface area (Å²) in [5.74, 6) is -2.12. The Balaban J connectivity index is 1.19. The van der Waals surface area contributed by atoms with Crippen molar-refractivity contribution in [1.29, 1.82) is 0 Å². The number of anilines is 1. The number of nitrogens with zero attached hydrogens (tertiary/aromatic N) is 3. The Labute approximate surface area is 233 Å². The van der Waals surface area contributed by atoms with E-state index in [-0.39, 0.29) is 36.6 Å². The van der Waals surface area contributed by atoms with Crippen LogP contribution in [0, 0.1) is 11.6 Å². The first-order valence-corrected chi connectivity index (χ1v) is 13.9. The van der Waals surface area contributed by atoms with Crippen molar-refractivity contribution in [2.45, 2.75) is 76.9 Å². The molecule has 3 fully saturated rings. The van der Waals surface area contributed by atoms with Crippen LogP contribution in [-0.4, -0.2) is 72.0 Å². The lowest BCUT2D eigenvalue weighted by Gasteiger charge is -2.42. The molecule has 0 radical (unpaired) electrons. The predicted octanol–water partition coefficient (Wildman–Crippen LogP) is 5.73.